The van der Waals surface area contributed by atoms with Crippen LogP contribution in [0.1, 0.15) is 10.4 Å². The number of ether oxygens (including phenoxy) is 2. The highest BCUT2D eigenvalue weighted by molar-refractivity contribution is 6.30. The molecule has 1 fully saturated rings. The molecule has 0 radical (unpaired) electrons. The van der Waals surface area contributed by atoms with E-state index in [0.29, 0.717) is 11.3 Å². The van der Waals surface area contributed by atoms with E-state index in [2.05, 4.69) is 4.74 Å². The first-order chi connectivity index (χ1) is 8.61. The van der Waals surface area contributed by atoms with E-state index in [1.807, 2.05) is 0 Å². The van der Waals surface area contributed by atoms with Crippen LogP contribution in [-0.2, 0) is 4.74 Å². The average Bonchev–Trinajstić information content (AvgIpc) is 2.77. The monoisotopic (exact) mass is 269 g/mol. The van der Waals surface area contributed by atoms with E-state index in [1.54, 1.807) is 0 Å². The summed E-state index contributed by atoms with van der Waals surface area (Å²) in [5.41, 5.74) is 0.128. The Hall–Kier alpha value is -2.08. The van der Waals surface area contributed by atoms with Gasteiger partial charge in [0, 0.05) is 5.02 Å². The number of hydrogen-bond donors (Lipinski definition) is 0. The Bertz CT molecular complexity index is 516. The van der Waals surface area contributed by atoms with Gasteiger partial charge in [0.05, 0.1) is 12.1 Å². The number of carbonyl (C=O) groups is 3. The van der Waals surface area contributed by atoms with Gasteiger partial charge in [0.25, 0.3) is 0 Å². The quantitative estimate of drug-likeness (QED) is 0.769. The standard InChI is InChI=1S/C11H8ClNO5/c12-8-1-2-9(7(5-8)6-14)18-11(16)13-3-4-17-10(13)15/h1-2,5-6H,3-4H2. The summed E-state index contributed by atoms with van der Waals surface area (Å²) in [6.07, 6.45) is -1.14. The maximum Gasteiger partial charge on any atom is 0.424 e. The molecule has 0 aliphatic carbocycles. The lowest BCUT2D eigenvalue weighted by molar-refractivity contribution is 0.112. The van der Waals surface area contributed by atoms with Crippen LogP contribution in [0, 0.1) is 0 Å². The molecule has 0 saturated carbocycles. The summed E-state index contributed by atoms with van der Waals surface area (Å²) in [5.74, 6) is 0.0408. The largest absolute Gasteiger partial charge is 0.447 e. The van der Waals surface area contributed by atoms with Crippen LogP contribution in [0.3, 0.4) is 0 Å². The van der Waals surface area contributed by atoms with Gasteiger partial charge < -0.3 is 9.47 Å². The molecular weight excluding hydrogens is 262 g/mol. The second kappa shape index (κ2) is 5.05. The van der Waals surface area contributed by atoms with Crippen LogP contribution in [0.4, 0.5) is 9.59 Å². The highest BCUT2D eigenvalue weighted by atomic mass is 35.5. The molecule has 18 heavy (non-hydrogen) atoms. The van der Waals surface area contributed by atoms with Crippen LogP contribution in [-0.4, -0.2) is 36.5 Å². The molecule has 0 aromatic heterocycles. The lowest BCUT2D eigenvalue weighted by atomic mass is 10.2. The number of imide groups is 1. The molecule has 0 unspecified atom stereocenters. The topological polar surface area (TPSA) is 72.9 Å². The van der Waals surface area contributed by atoms with E-state index in [1.165, 1.54) is 18.2 Å². The van der Waals surface area contributed by atoms with Crippen LogP contribution >= 0.6 is 11.6 Å². The van der Waals surface area contributed by atoms with Gasteiger partial charge in [-0.25, -0.2) is 14.5 Å². The molecule has 1 heterocycles. The van der Waals surface area contributed by atoms with Gasteiger partial charge in [-0.2, -0.15) is 0 Å². The molecule has 1 saturated heterocycles. The molecule has 0 spiro atoms. The van der Waals surface area contributed by atoms with Crippen LogP contribution in [0.5, 0.6) is 5.75 Å². The van der Waals surface area contributed by atoms with Crippen molar-refractivity contribution in [3.05, 3.63) is 28.8 Å². The summed E-state index contributed by atoms with van der Waals surface area (Å²) in [7, 11) is 0. The third-order valence-electron chi connectivity index (χ3n) is 2.28. The van der Waals surface area contributed by atoms with Gasteiger partial charge in [0.15, 0.2) is 6.29 Å². The predicted octanol–water partition coefficient (Wildman–Crippen LogP) is 2.10. The first-order valence-corrected chi connectivity index (χ1v) is 5.40. The SMILES string of the molecule is O=Cc1cc(Cl)ccc1OC(=O)N1CCOC1=O. The number of halogens is 1. The fraction of sp³-hybridized carbons (Fsp3) is 0.182. The third kappa shape index (κ3) is 2.43. The van der Waals surface area contributed by atoms with Crippen LogP contribution in [0.2, 0.25) is 5.02 Å². The summed E-state index contributed by atoms with van der Waals surface area (Å²) in [6, 6.07) is 4.21. The fourth-order valence-corrected chi connectivity index (χ4v) is 1.59. The first-order valence-electron chi connectivity index (χ1n) is 5.02. The van der Waals surface area contributed by atoms with Gasteiger partial charge in [-0.3, -0.25) is 4.79 Å². The molecule has 1 aliphatic heterocycles. The molecule has 2 rings (SSSR count). The molecule has 0 atom stereocenters. The molecule has 1 aromatic rings. The number of nitrogens with zero attached hydrogens (tertiary/aromatic N) is 1. The van der Waals surface area contributed by atoms with Crippen molar-refractivity contribution in [1.29, 1.82) is 0 Å². The molecule has 6 nitrogen and oxygen atoms in total. The van der Waals surface area contributed by atoms with E-state index in [0.717, 1.165) is 4.90 Å². The molecule has 0 bridgehead atoms. The Kier molecular flexibility index (Phi) is 3.47. The molecule has 1 aliphatic rings. The highest BCUT2D eigenvalue weighted by Gasteiger charge is 2.30. The van der Waals surface area contributed by atoms with E-state index < -0.39 is 12.2 Å². The van der Waals surface area contributed by atoms with Crippen molar-refractivity contribution in [2.75, 3.05) is 13.2 Å². The second-order valence-corrected chi connectivity index (χ2v) is 3.87. The van der Waals surface area contributed by atoms with Crippen molar-refractivity contribution < 1.29 is 23.9 Å². The van der Waals surface area contributed by atoms with Crippen molar-refractivity contribution in [3.63, 3.8) is 0 Å². The summed E-state index contributed by atoms with van der Waals surface area (Å²) >= 11 is 5.70. The second-order valence-electron chi connectivity index (χ2n) is 3.43. The van der Waals surface area contributed by atoms with Gasteiger partial charge in [0.1, 0.15) is 12.4 Å². The fourth-order valence-electron chi connectivity index (χ4n) is 1.41. The summed E-state index contributed by atoms with van der Waals surface area (Å²) in [4.78, 5) is 34.4. The first kappa shape index (κ1) is 12.4. The lowest BCUT2D eigenvalue weighted by Crippen LogP contribution is -2.34. The lowest BCUT2D eigenvalue weighted by Gasteiger charge is -2.12. The smallest absolute Gasteiger partial charge is 0.424 e. The molecule has 1 aromatic carbocycles. The number of cyclic esters (lactones) is 1. The maximum atomic E-state index is 11.6. The molecule has 7 heteroatoms. The Morgan fingerprint density at radius 2 is 2.28 bits per heavy atom. The molecule has 2 amide bonds. The van der Waals surface area contributed by atoms with Crippen molar-refractivity contribution in [1.82, 2.24) is 4.90 Å². The van der Waals surface area contributed by atoms with E-state index in [9.17, 15) is 14.4 Å². The Morgan fingerprint density at radius 1 is 1.50 bits per heavy atom. The van der Waals surface area contributed by atoms with Gasteiger partial charge in [0.2, 0.25) is 0 Å². The minimum atomic E-state index is -0.886. The van der Waals surface area contributed by atoms with Crippen LogP contribution < -0.4 is 4.74 Å². The summed E-state index contributed by atoms with van der Waals surface area (Å²) in [6.45, 7) is 0.261. The van der Waals surface area contributed by atoms with Gasteiger partial charge in [-0.1, -0.05) is 11.6 Å². The van der Waals surface area contributed by atoms with Crippen LogP contribution in [0.15, 0.2) is 18.2 Å². The molecular formula is C11H8ClNO5. The van der Waals surface area contributed by atoms with Gasteiger partial charge in [-0.05, 0) is 18.2 Å². The summed E-state index contributed by atoms with van der Waals surface area (Å²) in [5, 5.41) is 0.345. The van der Waals surface area contributed by atoms with Gasteiger partial charge >= 0.3 is 12.2 Å². The number of hydrogen-bond acceptors (Lipinski definition) is 5. The number of benzene rings is 1. The highest BCUT2D eigenvalue weighted by Crippen LogP contribution is 2.22. The number of carbonyl (C=O) groups excluding carboxylic acids is 3. The minimum absolute atomic E-state index is 0.0408. The van der Waals surface area contributed by atoms with E-state index in [-0.39, 0.29) is 24.5 Å². The minimum Gasteiger partial charge on any atom is -0.447 e. The Balaban J connectivity index is 2.16. The normalized spacial score (nSPS) is 14.3. The van der Waals surface area contributed by atoms with Crippen molar-refractivity contribution in [2.24, 2.45) is 0 Å². The Labute approximate surface area is 107 Å². The summed E-state index contributed by atoms with van der Waals surface area (Å²) < 4.78 is 9.54. The van der Waals surface area contributed by atoms with Crippen molar-refractivity contribution >= 4 is 30.1 Å². The Morgan fingerprint density at radius 3 is 2.89 bits per heavy atom. The average molecular weight is 270 g/mol. The molecule has 0 N–H and O–H groups in total. The number of rotatable bonds is 2. The number of amides is 2. The maximum absolute atomic E-state index is 11.6. The third-order valence-corrected chi connectivity index (χ3v) is 2.51. The zero-order valence-corrected chi connectivity index (χ0v) is 9.85. The zero-order chi connectivity index (χ0) is 13.1. The molecule has 94 valence electrons. The van der Waals surface area contributed by atoms with E-state index in [4.69, 9.17) is 16.3 Å². The number of aldehydes is 1. The predicted molar refractivity (Wildman–Crippen MR) is 60.9 cm³/mol. The zero-order valence-electron chi connectivity index (χ0n) is 9.09. The van der Waals surface area contributed by atoms with Gasteiger partial charge in [-0.15, -0.1) is 0 Å². The van der Waals surface area contributed by atoms with Crippen molar-refractivity contribution in [2.45, 2.75) is 0 Å². The van der Waals surface area contributed by atoms with Crippen LogP contribution in [0.25, 0.3) is 0 Å². The van der Waals surface area contributed by atoms with Crippen molar-refractivity contribution in [3.8, 4) is 5.75 Å². The van der Waals surface area contributed by atoms with E-state index >= 15 is 0 Å².